The highest BCUT2D eigenvalue weighted by atomic mass is 16.5. The maximum atomic E-state index is 12.9. The molecule has 0 radical (unpaired) electrons. The molecule has 2 fully saturated rings. The van der Waals surface area contributed by atoms with Gasteiger partial charge in [0.2, 0.25) is 5.43 Å². The maximum absolute atomic E-state index is 12.9. The first-order chi connectivity index (χ1) is 12.7. The van der Waals surface area contributed by atoms with E-state index < -0.39 is 5.97 Å². The van der Waals surface area contributed by atoms with Crippen molar-refractivity contribution in [2.45, 2.75) is 32.4 Å². The number of morpholine rings is 1. The highest BCUT2D eigenvalue weighted by Crippen LogP contribution is 2.37. The summed E-state index contributed by atoms with van der Waals surface area (Å²) in [7, 11) is 0. The minimum atomic E-state index is -0.535. The molecule has 4 rings (SSSR count). The van der Waals surface area contributed by atoms with Gasteiger partial charge in [0.1, 0.15) is 5.56 Å². The Morgan fingerprint density at radius 1 is 1.27 bits per heavy atom. The summed E-state index contributed by atoms with van der Waals surface area (Å²) in [6, 6.07) is 6.41. The molecule has 0 atom stereocenters. The molecule has 1 aliphatic carbocycles. The van der Waals surface area contributed by atoms with Gasteiger partial charge in [0.15, 0.2) is 0 Å². The smallest absolute Gasteiger partial charge is 0.343 e. The zero-order valence-corrected chi connectivity index (χ0v) is 15.1. The number of hydrogen-bond acceptors (Lipinski definition) is 5. The van der Waals surface area contributed by atoms with Gasteiger partial charge in [-0.3, -0.25) is 9.69 Å². The number of aromatic nitrogens is 1. The molecule has 2 heterocycles. The molecule has 0 amide bonds. The Kier molecular flexibility index (Phi) is 4.78. The highest BCUT2D eigenvalue weighted by Gasteiger charge is 2.27. The Morgan fingerprint density at radius 3 is 2.73 bits per heavy atom. The monoisotopic (exact) mass is 356 g/mol. The van der Waals surface area contributed by atoms with Crippen LogP contribution in [0.15, 0.2) is 29.2 Å². The van der Waals surface area contributed by atoms with Gasteiger partial charge >= 0.3 is 5.97 Å². The molecule has 0 spiro atoms. The lowest BCUT2D eigenvalue weighted by molar-refractivity contribution is 0.0342. The molecule has 2 aromatic rings. The molecule has 6 heteroatoms. The van der Waals surface area contributed by atoms with Crippen LogP contribution in [-0.4, -0.2) is 48.3 Å². The molecular weight excluding hydrogens is 332 g/mol. The van der Waals surface area contributed by atoms with Crippen molar-refractivity contribution < 1.29 is 14.3 Å². The number of ether oxygens (including phenoxy) is 2. The summed E-state index contributed by atoms with van der Waals surface area (Å²) in [5, 5.41) is 0.605. The van der Waals surface area contributed by atoms with Gasteiger partial charge in [0, 0.05) is 37.3 Å². The van der Waals surface area contributed by atoms with Crippen molar-refractivity contribution in [2.24, 2.45) is 0 Å². The summed E-state index contributed by atoms with van der Waals surface area (Å²) in [6.07, 6.45) is 3.84. The molecule has 1 aliphatic heterocycles. The van der Waals surface area contributed by atoms with Crippen LogP contribution in [0, 0.1) is 0 Å². The minimum Gasteiger partial charge on any atom is -0.462 e. The number of nitrogens with zero attached hydrogens (tertiary/aromatic N) is 2. The summed E-state index contributed by atoms with van der Waals surface area (Å²) in [5.74, 6) is -0.535. The Hall–Kier alpha value is -2.18. The molecule has 138 valence electrons. The molecule has 0 N–H and O–H groups in total. The first-order valence-corrected chi connectivity index (χ1v) is 9.32. The van der Waals surface area contributed by atoms with Crippen molar-refractivity contribution in [1.29, 1.82) is 0 Å². The van der Waals surface area contributed by atoms with Crippen LogP contribution in [0.3, 0.4) is 0 Å². The second-order valence-electron chi connectivity index (χ2n) is 6.97. The van der Waals surface area contributed by atoms with Crippen molar-refractivity contribution in [3.05, 3.63) is 45.7 Å². The van der Waals surface area contributed by atoms with Crippen LogP contribution in [0.5, 0.6) is 0 Å². The average molecular weight is 356 g/mol. The van der Waals surface area contributed by atoms with E-state index in [0.717, 1.165) is 56.8 Å². The number of benzene rings is 1. The van der Waals surface area contributed by atoms with Gasteiger partial charge in [-0.05, 0) is 37.5 Å². The predicted octanol–water partition coefficient (Wildman–Crippen LogP) is 2.35. The third-order valence-electron chi connectivity index (χ3n) is 5.04. The van der Waals surface area contributed by atoms with Crippen LogP contribution in [0.1, 0.15) is 41.7 Å². The zero-order valence-electron chi connectivity index (χ0n) is 15.1. The fraction of sp³-hybridized carbons (Fsp3) is 0.500. The van der Waals surface area contributed by atoms with Crippen LogP contribution in [-0.2, 0) is 16.0 Å². The Balaban J connectivity index is 1.75. The van der Waals surface area contributed by atoms with E-state index in [-0.39, 0.29) is 17.6 Å². The number of pyridine rings is 1. The molecular formula is C20H24N2O4. The summed E-state index contributed by atoms with van der Waals surface area (Å²) >= 11 is 0. The standard InChI is InChI=1S/C20H24N2O4/c1-2-26-20(24)17-13-22(15-4-5-15)18-6-3-14(11-16(18)19(17)23)12-21-7-9-25-10-8-21/h3,6,11,13,15H,2,4-5,7-10,12H2,1H3. The average Bonchev–Trinajstić information content (AvgIpc) is 3.48. The number of carbonyl (C=O) groups excluding carboxylic acids is 1. The third-order valence-corrected chi connectivity index (χ3v) is 5.04. The van der Waals surface area contributed by atoms with Crippen LogP contribution in [0.25, 0.3) is 10.9 Å². The van der Waals surface area contributed by atoms with Gasteiger partial charge in [-0.2, -0.15) is 0 Å². The largest absolute Gasteiger partial charge is 0.462 e. The van der Waals surface area contributed by atoms with Gasteiger partial charge in [-0.1, -0.05) is 6.07 Å². The lowest BCUT2D eigenvalue weighted by Gasteiger charge is -2.26. The highest BCUT2D eigenvalue weighted by molar-refractivity contribution is 5.94. The van der Waals surface area contributed by atoms with E-state index in [4.69, 9.17) is 9.47 Å². The lowest BCUT2D eigenvalue weighted by atomic mass is 10.1. The maximum Gasteiger partial charge on any atom is 0.343 e. The van der Waals surface area contributed by atoms with E-state index in [0.29, 0.717) is 11.4 Å². The molecule has 1 saturated carbocycles. The van der Waals surface area contributed by atoms with Gasteiger partial charge < -0.3 is 14.0 Å². The molecule has 0 unspecified atom stereocenters. The first kappa shape index (κ1) is 17.2. The quantitative estimate of drug-likeness (QED) is 0.770. The minimum absolute atomic E-state index is 0.134. The molecule has 2 aliphatic rings. The number of rotatable bonds is 5. The van der Waals surface area contributed by atoms with Crippen molar-refractivity contribution >= 4 is 16.9 Å². The number of carbonyl (C=O) groups is 1. The van der Waals surface area contributed by atoms with Crippen molar-refractivity contribution in [3.63, 3.8) is 0 Å². The van der Waals surface area contributed by atoms with E-state index in [1.165, 1.54) is 0 Å². The molecule has 26 heavy (non-hydrogen) atoms. The second-order valence-corrected chi connectivity index (χ2v) is 6.97. The normalized spacial score (nSPS) is 18.2. The fourth-order valence-electron chi connectivity index (χ4n) is 3.53. The van der Waals surface area contributed by atoms with Crippen LogP contribution in [0.4, 0.5) is 0 Å². The summed E-state index contributed by atoms with van der Waals surface area (Å²) < 4.78 is 12.6. The van der Waals surface area contributed by atoms with Gasteiger partial charge in [0.25, 0.3) is 0 Å². The molecule has 0 bridgehead atoms. The molecule has 6 nitrogen and oxygen atoms in total. The van der Waals surface area contributed by atoms with Gasteiger partial charge in [-0.15, -0.1) is 0 Å². The van der Waals surface area contributed by atoms with E-state index in [1.54, 1.807) is 13.1 Å². The third kappa shape index (κ3) is 3.39. The van der Waals surface area contributed by atoms with Gasteiger partial charge in [0.05, 0.1) is 25.3 Å². The van der Waals surface area contributed by atoms with Crippen LogP contribution >= 0.6 is 0 Å². The number of fused-ring (bicyclic) bond motifs is 1. The van der Waals surface area contributed by atoms with Crippen molar-refractivity contribution in [3.8, 4) is 0 Å². The summed E-state index contributed by atoms with van der Waals surface area (Å²) in [5.41, 5.74) is 1.88. The van der Waals surface area contributed by atoms with E-state index in [1.807, 2.05) is 12.1 Å². The van der Waals surface area contributed by atoms with E-state index in [9.17, 15) is 9.59 Å². The molecule has 1 saturated heterocycles. The van der Waals surface area contributed by atoms with E-state index >= 15 is 0 Å². The van der Waals surface area contributed by atoms with Crippen molar-refractivity contribution in [1.82, 2.24) is 9.47 Å². The zero-order chi connectivity index (χ0) is 18.1. The SMILES string of the molecule is CCOC(=O)c1cn(C2CC2)c2ccc(CN3CCOCC3)cc2c1=O. The Labute approximate surface area is 152 Å². The topological polar surface area (TPSA) is 60.8 Å². The molecule has 1 aromatic carbocycles. The Morgan fingerprint density at radius 2 is 2.04 bits per heavy atom. The van der Waals surface area contributed by atoms with Gasteiger partial charge in [-0.25, -0.2) is 4.79 Å². The fourth-order valence-corrected chi connectivity index (χ4v) is 3.53. The number of hydrogen-bond donors (Lipinski definition) is 0. The Bertz CT molecular complexity index is 879. The van der Waals surface area contributed by atoms with Crippen LogP contribution < -0.4 is 5.43 Å². The van der Waals surface area contributed by atoms with Crippen LogP contribution in [0.2, 0.25) is 0 Å². The lowest BCUT2D eigenvalue weighted by Crippen LogP contribution is -2.35. The first-order valence-electron chi connectivity index (χ1n) is 9.32. The number of esters is 1. The van der Waals surface area contributed by atoms with E-state index in [2.05, 4.69) is 15.5 Å². The van der Waals surface area contributed by atoms with Crippen molar-refractivity contribution in [2.75, 3.05) is 32.9 Å². The summed E-state index contributed by atoms with van der Waals surface area (Å²) in [4.78, 5) is 27.5. The predicted molar refractivity (Wildman–Crippen MR) is 98.5 cm³/mol. The summed E-state index contributed by atoms with van der Waals surface area (Å²) in [6.45, 7) is 6.08. The second kappa shape index (κ2) is 7.21. The molecule has 1 aromatic heterocycles.